The fourth-order valence-electron chi connectivity index (χ4n) is 6.63. The van der Waals surface area contributed by atoms with E-state index >= 15 is 0 Å². The molecule has 10 rings (SSSR count). The number of hydrogen-bond donors (Lipinski definition) is 0. The highest BCUT2D eigenvalue weighted by molar-refractivity contribution is 6.17. The summed E-state index contributed by atoms with van der Waals surface area (Å²) in [7, 11) is 0. The van der Waals surface area contributed by atoms with Crippen molar-refractivity contribution < 1.29 is 27.7 Å². The maximum absolute atomic E-state index is 9.69. The molecule has 0 fully saturated rings. The number of furan rings is 1. The second-order valence-corrected chi connectivity index (χ2v) is 12.4. The van der Waals surface area contributed by atoms with Crippen LogP contribution in [-0.2, 0) is 0 Å². The zero-order valence-corrected chi connectivity index (χ0v) is 28.2. The molecule has 0 saturated heterocycles. The lowest BCUT2D eigenvalue weighted by Crippen LogP contribution is -2.11. The van der Waals surface area contributed by atoms with Crippen LogP contribution >= 0.6 is 0 Å². The summed E-state index contributed by atoms with van der Waals surface area (Å²) in [6.07, 6.45) is 0. The Balaban J connectivity index is 1.27. The average molecular weight is 707 g/mol. The first kappa shape index (κ1) is 18.6. The number of anilines is 3. The lowest BCUT2D eigenvalue weighted by atomic mass is 9.98. The van der Waals surface area contributed by atoms with Crippen LogP contribution in [-0.4, -0.2) is 0 Å². The second kappa shape index (κ2) is 13.4. The van der Waals surface area contributed by atoms with E-state index in [0.29, 0.717) is 27.9 Å². The van der Waals surface area contributed by atoms with Gasteiger partial charge in [-0.1, -0.05) is 176 Å². The predicted octanol–water partition coefficient (Wildman–Crippen LogP) is 14.9. The molecule has 9 aromatic carbocycles. The van der Waals surface area contributed by atoms with Crippen molar-refractivity contribution in [3.05, 3.63) is 212 Å². The van der Waals surface area contributed by atoms with Gasteiger partial charge in [0, 0.05) is 38.7 Å². The van der Waals surface area contributed by atoms with Crippen molar-refractivity contribution >= 4 is 49.8 Å². The summed E-state index contributed by atoms with van der Waals surface area (Å²) in [6, 6.07) is 19.4. The highest BCUT2D eigenvalue weighted by Crippen LogP contribution is 2.45. The van der Waals surface area contributed by atoms with Crippen LogP contribution in [0.5, 0.6) is 0 Å². The first-order valence-corrected chi connectivity index (χ1v) is 17.0. The van der Waals surface area contributed by atoms with Gasteiger partial charge in [-0.3, -0.25) is 0 Å². The van der Waals surface area contributed by atoms with Crippen molar-refractivity contribution in [3.8, 4) is 44.5 Å². The molecule has 0 spiro atoms. The topological polar surface area (TPSA) is 16.4 Å². The third-order valence-electron chi connectivity index (χ3n) is 9.18. The minimum atomic E-state index is -0.883. The van der Waals surface area contributed by atoms with E-state index in [-0.39, 0.29) is 11.3 Å². The highest BCUT2D eigenvalue weighted by Gasteiger charge is 2.21. The van der Waals surface area contributed by atoms with Crippen LogP contribution in [0, 0.1) is 0 Å². The molecule has 0 aliphatic rings. The quantitative estimate of drug-likeness (QED) is 0.164. The normalized spacial score (nSPS) is 15.7. The maximum Gasteiger partial charge on any atom is 0.143 e. The summed E-state index contributed by atoms with van der Waals surface area (Å²) < 4.78 is 160. The molecule has 254 valence electrons. The van der Waals surface area contributed by atoms with Gasteiger partial charge in [-0.2, -0.15) is 0 Å². The Morgan fingerprint density at radius 3 is 1.57 bits per heavy atom. The standard InChI is InChI=1S/C52H35NO/c1-3-12-36(13-4-1)38-22-24-39(25-23-38)41-28-33-44(34-29-41)53(43-31-26-40(27-32-43)37-14-5-2-6-15-37)50-21-10-9-18-46(50)47-19-11-20-48-49-35-30-42-16-7-8-17-45(42)51(49)54-52(47)48/h1-35H/i1D,3D,4D,12D,13D,22D,23D,24D,25D,26D,27D,28D,29D,31D,32D,33D,34D. The average Bonchev–Trinajstić information content (AvgIpc) is 3.77. The van der Waals surface area contributed by atoms with Crippen LogP contribution in [0.25, 0.3) is 77.2 Å². The van der Waals surface area contributed by atoms with Gasteiger partial charge in [-0.15, -0.1) is 0 Å². The van der Waals surface area contributed by atoms with Gasteiger partial charge in [0.25, 0.3) is 0 Å². The number of para-hydroxylation sites is 2. The summed E-state index contributed by atoms with van der Waals surface area (Å²) in [4.78, 5) is 1.14. The molecule has 0 unspecified atom stereocenters. The van der Waals surface area contributed by atoms with E-state index < -0.39 is 136 Å². The Morgan fingerprint density at radius 2 is 0.870 bits per heavy atom. The summed E-state index contributed by atoms with van der Waals surface area (Å²) >= 11 is 0. The number of rotatable bonds is 7. The van der Waals surface area contributed by atoms with Crippen LogP contribution < -0.4 is 4.90 Å². The molecule has 2 heteroatoms. The van der Waals surface area contributed by atoms with Gasteiger partial charge >= 0.3 is 0 Å². The molecule has 1 heterocycles. The molecular formula is C52H35NO. The van der Waals surface area contributed by atoms with Gasteiger partial charge < -0.3 is 9.32 Å². The van der Waals surface area contributed by atoms with E-state index in [1.54, 1.807) is 60.7 Å². The molecule has 0 atom stereocenters. The minimum Gasteiger partial charge on any atom is -0.455 e. The summed E-state index contributed by atoms with van der Waals surface area (Å²) in [6.45, 7) is 0. The lowest BCUT2D eigenvalue weighted by molar-refractivity contribution is 0.674. The van der Waals surface area contributed by atoms with E-state index in [2.05, 4.69) is 0 Å². The first-order chi connectivity index (χ1) is 33.9. The van der Waals surface area contributed by atoms with Gasteiger partial charge in [0.05, 0.1) is 29.0 Å². The molecule has 0 bridgehead atoms. The molecule has 1 aromatic heterocycles. The van der Waals surface area contributed by atoms with Gasteiger partial charge in [0.15, 0.2) is 0 Å². The zero-order valence-electron chi connectivity index (χ0n) is 45.2. The van der Waals surface area contributed by atoms with E-state index in [9.17, 15) is 11.0 Å². The molecule has 0 aliphatic heterocycles. The van der Waals surface area contributed by atoms with Crippen molar-refractivity contribution in [2.24, 2.45) is 0 Å². The van der Waals surface area contributed by atoms with Crippen molar-refractivity contribution in [1.29, 1.82) is 0 Å². The fourth-order valence-corrected chi connectivity index (χ4v) is 6.63. The SMILES string of the molecule is [2H]c1c([2H])c([2H])c(-c2c([2H])c([2H])c(-c3c([2H])c([2H])c(N(c4ccccc4-c4cccc5c4oc4c6ccccc6ccc54)c4c([2H])c([2H])c(-c5ccccc5)c([2H])c4[2H])c([2H])c3[2H])c([2H])c2[2H])c([2H])c1[2H]. The second-order valence-electron chi connectivity index (χ2n) is 12.4. The van der Waals surface area contributed by atoms with E-state index in [4.69, 9.17) is 16.8 Å². The van der Waals surface area contributed by atoms with Gasteiger partial charge in [0.2, 0.25) is 0 Å². The maximum atomic E-state index is 9.69. The number of benzene rings is 9. The van der Waals surface area contributed by atoms with Crippen molar-refractivity contribution in [3.63, 3.8) is 0 Å². The zero-order chi connectivity index (χ0) is 50.6. The van der Waals surface area contributed by atoms with Gasteiger partial charge in [0.1, 0.15) is 11.2 Å². The Bertz CT molecular complexity index is 3810. The molecule has 0 N–H and O–H groups in total. The largest absolute Gasteiger partial charge is 0.455 e. The summed E-state index contributed by atoms with van der Waals surface area (Å²) in [5.41, 5.74) is -1.18. The number of hydrogen-bond acceptors (Lipinski definition) is 2. The molecule has 0 aliphatic carbocycles. The van der Waals surface area contributed by atoms with Gasteiger partial charge in [-0.05, 0) is 75.1 Å². The number of nitrogens with zero attached hydrogens (tertiary/aromatic N) is 1. The van der Waals surface area contributed by atoms with Crippen LogP contribution in [0.2, 0.25) is 0 Å². The Kier molecular flexibility index (Phi) is 4.61. The molecule has 0 radical (unpaired) electrons. The van der Waals surface area contributed by atoms with Crippen molar-refractivity contribution in [2.75, 3.05) is 4.90 Å². The van der Waals surface area contributed by atoms with Crippen LogP contribution in [0.15, 0.2) is 216 Å². The first-order valence-electron chi connectivity index (χ1n) is 25.5. The Morgan fingerprint density at radius 1 is 0.352 bits per heavy atom. The van der Waals surface area contributed by atoms with E-state index in [1.165, 1.54) is 0 Å². The summed E-state index contributed by atoms with van der Waals surface area (Å²) in [5.74, 6) is 0. The predicted molar refractivity (Wildman–Crippen MR) is 228 cm³/mol. The minimum absolute atomic E-state index is 0.0258. The van der Waals surface area contributed by atoms with E-state index in [1.807, 2.05) is 48.5 Å². The molecular weight excluding hydrogens is 655 g/mol. The lowest BCUT2D eigenvalue weighted by Gasteiger charge is -2.28. The van der Waals surface area contributed by atoms with Crippen LogP contribution in [0.3, 0.4) is 0 Å². The molecule has 2 nitrogen and oxygen atoms in total. The molecule has 0 amide bonds. The van der Waals surface area contributed by atoms with Crippen molar-refractivity contribution in [2.45, 2.75) is 0 Å². The molecule has 10 aromatic rings. The van der Waals surface area contributed by atoms with Crippen molar-refractivity contribution in [1.82, 2.24) is 0 Å². The molecule has 0 saturated carbocycles. The third kappa shape index (κ3) is 5.62. The molecule has 54 heavy (non-hydrogen) atoms. The number of fused-ring (bicyclic) bond motifs is 5. The van der Waals surface area contributed by atoms with Crippen LogP contribution in [0.4, 0.5) is 17.1 Å². The summed E-state index contributed by atoms with van der Waals surface area (Å²) in [5, 5.41) is 3.36. The Hall–Kier alpha value is -7.16. The monoisotopic (exact) mass is 706 g/mol. The van der Waals surface area contributed by atoms with E-state index in [0.717, 1.165) is 26.4 Å². The third-order valence-corrected chi connectivity index (χ3v) is 9.18. The fraction of sp³-hybridized carbons (Fsp3) is 0. The van der Waals surface area contributed by atoms with Gasteiger partial charge in [-0.25, -0.2) is 0 Å². The smallest absolute Gasteiger partial charge is 0.143 e. The highest BCUT2D eigenvalue weighted by atomic mass is 16.3. The van der Waals surface area contributed by atoms with Crippen LogP contribution in [0.1, 0.15) is 23.3 Å². The Labute approximate surface area is 338 Å².